The summed E-state index contributed by atoms with van der Waals surface area (Å²) >= 11 is 0. The Bertz CT molecular complexity index is 839. The van der Waals surface area contributed by atoms with Gasteiger partial charge in [0.25, 0.3) is 0 Å². The summed E-state index contributed by atoms with van der Waals surface area (Å²) in [6.45, 7) is 1.44. The highest BCUT2D eigenvalue weighted by molar-refractivity contribution is 7.92. The van der Waals surface area contributed by atoms with Crippen LogP contribution in [0.3, 0.4) is 0 Å². The maximum atomic E-state index is 13.3. The van der Waals surface area contributed by atoms with Crippen molar-refractivity contribution < 1.29 is 27.8 Å². The SMILES string of the molecule is Cc1ccc(S(=O)(=O)[C@H]2[C@@H]3C4=C(CCCC4=O)O[C@@H]3O[C@@H]2CO)cc1. The predicted molar refractivity (Wildman–Crippen MR) is 88.4 cm³/mol. The molecule has 134 valence electrons. The highest BCUT2D eigenvalue weighted by atomic mass is 32.2. The number of ether oxygens (including phenoxy) is 2. The lowest BCUT2D eigenvalue weighted by atomic mass is 9.86. The van der Waals surface area contributed by atoms with E-state index in [4.69, 9.17) is 9.47 Å². The maximum absolute atomic E-state index is 13.3. The molecule has 1 saturated heterocycles. The third kappa shape index (κ3) is 2.53. The van der Waals surface area contributed by atoms with Gasteiger partial charge in [-0.25, -0.2) is 8.42 Å². The number of Topliss-reactive ketones (excluding diaryl/α,β-unsaturated/α-hetero) is 1. The number of carbonyl (C=O) groups is 1. The zero-order chi connectivity index (χ0) is 17.8. The average Bonchev–Trinajstić information content (AvgIpc) is 3.10. The number of ketones is 1. The Morgan fingerprint density at radius 1 is 1.20 bits per heavy atom. The fraction of sp³-hybridized carbons (Fsp3) is 0.500. The molecule has 25 heavy (non-hydrogen) atoms. The van der Waals surface area contributed by atoms with Crippen LogP contribution in [0.4, 0.5) is 0 Å². The highest BCUT2D eigenvalue weighted by Gasteiger charge is 2.59. The van der Waals surface area contributed by atoms with Crippen molar-refractivity contribution in [1.29, 1.82) is 0 Å². The molecular formula is C18H20O6S. The third-order valence-corrected chi connectivity index (χ3v) is 7.45. The van der Waals surface area contributed by atoms with Crippen molar-refractivity contribution in [2.24, 2.45) is 5.92 Å². The first-order chi connectivity index (χ1) is 11.9. The lowest BCUT2D eigenvalue weighted by Gasteiger charge is -2.23. The van der Waals surface area contributed by atoms with E-state index in [0.717, 1.165) is 5.56 Å². The van der Waals surface area contributed by atoms with Crippen LogP contribution in [0.2, 0.25) is 0 Å². The number of carbonyl (C=O) groups excluding carboxylic acids is 1. The molecule has 1 fully saturated rings. The Kier molecular flexibility index (Phi) is 3.97. The minimum Gasteiger partial charge on any atom is -0.468 e. The van der Waals surface area contributed by atoms with Crippen molar-refractivity contribution in [1.82, 2.24) is 0 Å². The predicted octanol–water partition coefficient (Wildman–Crippen LogP) is 1.51. The molecule has 0 saturated carbocycles. The number of aliphatic hydroxyl groups is 1. The van der Waals surface area contributed by atoms with Gasteiger partial charge in [0.05, 0.1) is 17.4 Å². The molecule has 7 heteroatoms. The first-order valence-electron chi connectivity index (χ1n) is 8.43. The van der Waals surface area contributed by atoms with Crippen molar-refractivity contribution >= 4 is 15.6 Å². The second-order valence-corrected chi connectivity index (χ2v) is 8.91. The van der Waals surface area contributed by atoms with Gasteiger partial charge in [0.2, 0.25) is 6.29 Å². The van der Waals surface area contributed by atoms with Gasteiger partial charge in [0.15, 0.2) is 15.6 Å². The van der Waals surface area contributed by atoms with Crippen molar-refractivity contribution in [2.75, 3.05) is 6.61 Å². The molecule has 6 nitrogen and oxygen atoms in total. The summed E-state index contributed by atoms with van der Waals surface area (Å²) < 4.78 is 37.9. The summed E-state index contributed by atoms with van der Waals surface area (Å²) in [5.41, 5.74) is 1.41. The maximum Gasteiger partial charge on any atom is 0.208 e. The second-order valence-electron chi connectivity index (χ2n) is 6.81. The van der Waals surface area contributed by atoms with Crippen molar-refractivity contribution in [2.45, 2.75) is 48.7 Å². The summed E-state index contributed by atoms with van der Waals surface area (Å²) in [5, 5.41) is 8.63. The summed E-state index contributed by atoms with van der Waals surface area (Å²) in [5.74, 6) is -0.182. The summed E-state index contributed by atoms with van der Waals surface area (Å²) in [6.07, 6.45) is 0.000475. The fourth-order valence-corrected chi connectivity index (χ4v) is 6.05. The van der Waals surface area contributed by atoms with E-state index in [1.807, 2.05) is 6.92 Å². The smallest absolute Gasteiger partial charge is 0.208 e. The van der Waals surface area contributed by atoms with Crippen LogP contribution in [0.25, 0.3) is 0 Å². The van der Waals surface area contributed by atoms with E-state index in [9.17, 15) is 18.3 Å². The minimum atomic E-state index is -3.80. The van der Waals surface area contributed by atoms with Crippen LogP contribution in [0, 0.1) is 12.8 Å². The molecule has 0 aromatic heterocycles. The van der Waals surface area contributed by atoms with Gasteiger partial charge in [0.1, 0.15) is 17.1 Å². The lowest BCUT2D eigenvalue weighted by molar-refractivity contribution is -0.117. The number of rotatable bonds is 3. The average molecular weight is 364 g/mol. The monoisotopic (exact) mass is 364 g/mol. The molecule has 1 aromatic rings. The van der Waals surface area contributed by atoms with E-state index < -0.39 is 40.0 Å². The molecule has 2 aliphatic heterocycles. The van der Waals surface area contributed by atoms with Crippen LogP contribution >= 0.6 is 0 Å². The van der Waals surface area contributed by atoms with E-state index in [-0.39, 0.29) is 10.7 Å². The molecule has 4 atom stereocenters. The first kappa shape index (κ1) is 16.8. The number of aliphatic hydroxyl groups excluding tert-OH is 1. The Hall–Kier alpha value is -1.70. The number of fused-ring (bicyclic) bond motifs is 2. The lowest BCUT2D eigenvalue weighted by Crippen LogP contribution is -2.39. The van der Waals surface area contributed by atoms with Gasteiger partial charge in [-0.15, -0.1) is 0 Å². The van der Waals surface area contributed by atoms with E-state index >= 15 is 0 Å². The molecule has 1 N–H and O–H groups in total. The summed E-state index contributed by atoms with van der Waals surface area (Å²) in [7, 11) is -3.80. The standard InChI is InChI=1S/C18H20O6S/c1-10-5-7-11(8-6-10)25(21,22)17-14(9-19)24-18-16(17)15-12(20)3-2-4-13(15)23-18/h5-8,14,16-19H,2-4,9H2,1H3/t14-,16+,17-,18-/m1/s1. The molecule has 0 bridgehead atoms. The van der Waals surface area contributed by atoms with Gasteiger partial charge in [-0.1, -0.05) is 17.7 Å². The van der Waals surface area contributed by atoms with E-state index in [0.29, 0.717) is 30.6 Å². The van der Waals surface area contributed by atoms with Crippen molar-refractivity contribution in [3.05, 3.63) is 41.2 Å². The quantitative estimate of drug-likeness (QED) is 0.874. The molecule has 1 aliphatic carbocycles. The minimum absolute atomic E-state index is 0.0694. The molecule has 0 spiro atoms. The van der Waals surface area contributed by atoms with Crippen molar-refractivity contribution in [3.8, 4) is 0 Å². The normalized spacial score (nSPS) is 31.7. The number of aryl methyl sites for hydroxylation is 1. The van der Waals surface area contributed by atoms with Crippen LogP contribution in [0.1, 0.15) is 24.8 Å². The van der Waals surface area contributed by atoms with Crippen molar-refractivity contribution in [3.63, 3.8) is 0 Å². The number of hydrogen-bond donors (Lipinski definition) is 1. The molecule has 4 rings (SSSR count). The Morgan fingerprint density at radius 3 is 2.60 bits per heavy atom. The first-order valence-corrected chi connectivity index (χ1v) is 9.98. The molecular weight excluding hydrogens is 344 g/mol. The molecule has 2 heterocycles. The van der Waals surface area contributed by atoms with Crippen LogP contribution in [0.15, 0.2) is 40.5 Å². The van der Waals surface area contributed by atoms with Gasteiger partial charge in [0, 0.05) is 18.4 Å². The number of allylic oxidation sites excluding steroid dienone is 1. The van der Waals surface area contributed by atoms with Gasteiger partial charge in [-0.05, 0) is 25.5 Å². The molecule has 3 aliphatic rings. The van der Waals surface area contributed by atoms with E-state index in [1.54, 1.807) is 24.3 Å². The Labute approximate surface area is 146 Å². The molecule has 1 aromatic carbocycles. The van der Waals surface area contributed by atoms with Gasteiger partial charge in [-0.3, -0.25) is 4.79 Å². The van der Waals surface area contributed by atoms with E-state index in [2.05, 4.69) is 0 Å². The fourth-order valence-electron chi connectivity index (χ4n) is 4.02. The Balaban J connectivity index is 1.79. The summed E-state index contributed by atoms with van der Waals surface area (Å²) in [4.78, 5) is 12.6. The van der Waals surface area contributed by atoms with E-state index in [1.165, 1.54) is 0 Å². The second kappa shape index (κ2) is 5.93. The van der Waals surface area contributed by atoms with Gasteiger partial charge < -0.3 is 14.6 Å². The third-order valence-electron chi connectivity index (χ3n) is 5.21. The van der Waals surface area contributed by atoms with Crippen LogP contribution < -0.4 is 0 Å². The van der Waals surface area contributed by atoms with Crippen LogP contribution in [0.5, 0.6) is 0 Å². The molecule has 0 amide bonds. The highest BCUT2D eigenvalue weighted by Crippen LogP contribution is 2.48. The number of sulfone groups is 1. The van der Waals surface area contributed by atoms with Gasteiger partial charge >= 0.3 is 0 Å². The molecule has 0 radical (unpaired) electrons. The Morgan fingerprint density at radius 2 is 1.92 bits per heavy atom. The number of benzene rings is 1. The number of hydrogen-bond acceptors (Lipinski definition) is 6. The zero-order valence-corrected chi connectivity index (χ0v) is 14.7. The summed E-state index contributed by atoms with van der Waals surface area (Å²) in [6, 6.07) is 6.58. The molecule has 0 unspecified atom stereocenters. The topological polar surface area (TPSA) is 89.9 Å². The zero-order valence-electron chi connectivity index (χ0n) is 13.8. The largest absolute Gasteiger partial charge is 0.468 e. The van der Waals surface area contributed by atoms with Crippen LogP contribution in [-0.4, -0.2) is 43.6 Å². The van der Waals surface area contributed by atoms with Gasteiger partial charge in [-0.2, -0.15) is 0 Å². The van der Waals surface area contributed by atoms with Crippen LogP contribution in [-0.2, 0) is 24.1 Å².